The molecule has 2 aromatic rings. The number of rotatable bonds is 2. The number of carbonyl (C=O) groups excluding carboxylic acids is 1. The van der Waals surface area contributed by atoms with E-state index in [2.05, 4.69) is 41.8 Å². The van der Waals surface area contributed by atoms with E-state index in [-0.39, 0.29) is 5.91 Å². The largest absolute Gasteiger partial charge is 0.322 e. The van der Waals surface area contributed by atoms with Crippen molar-refractivity contribution in [3.8, 4) is 0 Å². The molecular formula is C17H18INO. The van der Waals surface area contributed by atoms with Gasteiger partial charge >= 0.3 is 0 Å². The van der Waals surface area contributed by atoms with Crippen LogP contribution in [-0.4, -0.2) is 5.91 Å². The predicted octanol–water partition coefficient (Wildman–Crippen LogP) is 4.78. The molecule has 3 heteroatoms. The van der Waals surface area contributed by atoms with Crippen LogP contribution in [0, 0.1) is 31.3 Å². The lowest BCUT2D eigenvalue weighted by molar-refractivity contribution is 0.102. The molecule has 1 amide bonds. The third-order valence-corrected chi connectivity index (χ3v) is 5.16. The Morgan fingerprint density at radius 3 is 2.05 bits per heavy atom. The second-order valence-electron chi connectivity index (χ2n) is 5.18. The number of amides is 1. The SMILES string of the molecule is Cc1ccc(C(=O)Nc2cc(C)c(I)c(C)c2)cc1C. The molecule has 0 bridgehead atoms. The van der Waals surface area contributed by atoms with E-state index >= 15 is 0 Å². The van der Waals surface area contributed by atoms with Crippen molar-refractivity contribution in [2.24, 2.45) is 0 Å². The average molecular weight is 379 g/mol. The first-order valence-corrected chi connectivity index (χ1v) is 7.61. The molecule has 2 rings (SSSR count). The van der Waals surface area contributed by atoms with Crippen LogP contribution in [0.2, 0.25) is 0 Å². The van der Waals surface area contributed by atoms with Crippen molar-refractivity contribution in [3.05, 3.63) is 61.7 Å². The lowest BCUT2D eigenvalue weighted by Gasteiger charge is -2.10. The molecule has 0 aliphatic rings. The summed E-state index contributed by atoms with van der Waals surface area (Å²) in [5, 5.41) is 2.97. The van der Waals surface area contributed by atoms with Gasteiger partial charge in [-0.2, -0.15) is 0 Å². The summed E-state index contributed by atoms with van der Waals surface area (Å²) in [5.74, 6) is -0.0619. The molecule has 20 heavy (non-hydrogen) atoms. The zero-order valence-corrected chi connectivity index (χ0v) is 14.3. The topological polar surface area (TPSA) is 29.1 Å². The highest BCUT2D eigenvalue weighted by Gasteiger charge is 2.09. The van der Waals surface area contributed by atoms with Gasteiger partial charge in [-0.25, -0.2) is 0 Å². The molecule has 0 aliphatic carbocycles. The van der Waals surface area contributed by atoms with Crippen molar-refractivity contribution < 1.29 is 4.79 Å². The van der Waals surface area contributed by atoms with Crippen LogP contribution in [0.15, 0.2) is 30.3 Å². The summed E-state index contributed by atoms with van der Waals surface area (Å²) in [4.78, 5) is 12.3. The zero-order valence-electron chi connectivity index (χ0n) is 12.2. The molecule has 0 saturated heterocycles. The second kappa shape index (κ2) is 5.95. The van der Waals surface area contributed by atoms with Gasteiger partial charge < -0.3 is 5.32 Å². The third-order valence-electron chi connectivity index (χ3n) is 3.46. The molecule has 2 aromatic carbocycles. The zero-order chi connectivity index (χ0) is 14.9. The molecule has 0 heterocycles. The van der Waals surface area contributed by atoms with Crippen molar-refractivity contribution in [1.82, 2.24) is 0 Å². The standard InChI is InChI=1S/C17H18INO/c1-10-5-6-14(7-11(10)2)17(20)19-15-8-12(3)16(18)13(4)9-15/h5-9H,1-4H3,(H,19,20). The fourth-order valence-electron chi connectivity index (χ4n) is 2.10. The van der Waals surface area contributed by atoms with Gasteiger partial charge in [0.05, 0.1) is 0 Å². The van der Waals surface area contributed by atoms with E-state index in [1.165, 1.54) is 20.3 Å². The molecule has 1 N–H and O–H groups in total. The Kier molecular flexibility index (Phi) is 4.48. The van der Waals surface area contributed by atoms with Crippen molar-refractivity contribution in [3.63, 3.8) is 0 Å². The fraction of sp³-hybridized carbons (Fsp3) is 0.235. The first-order valence-electron chi connectivity index (χ1n) is 6.54. The molecule has 0 fully saturated rings. The fourth-order valence-corrected chi connectivity index (χ4v) is 2.42. The minimum Gasteiger partial charge on any atom is -0.322 e. The van der Waals surface area contributed by atoms with Gasteiger partial charge in [-0.05, 0) is 96.8 Å². The van der Waals surface area contributed by atoms with Crippen LogP contribution < -0.4 is 5.32 Å². The Balaban J connectivity index is 2.25. The highest BCUT2D eigenvalue weighted by atomic mass is 127. The van der Waals surface area contributed by atoms with E-state index in [1.807, 2.05) is 44.2 Å². The Morgan fingerprint density at radius 1 is 0.900 bits per heavy atom. The van der Waals surface area contributed by atoms with Gasteiger partial charge in [0, 0.05) is 14.8 Å². The normalized spacial score (nSPS) is 10.4. The number of hydrogen-bond acceptors (Lipinski definition) is 1. The molecular weight excluding hydrogens is 361 g/mol. The summed E-state index contributed by atoms with van der Waals surface area (Å²) in [6, 6.07) is 9.79. The number of benzene rings is 2. The molecule has 0 spiro atoms. The molecule has 0 radical (unpaired) electrons. The Bertz CT molecular complexity index is 654. The maximum absolute atomic E-state index is 12.3. The van der Waals surface area contributed by atoms with Crippen LogP contribution in [0.1, 0.15) is 32.6 Å². The van der Waals surface area contributed by atoms with E-state index in [9.17, 15) is 4.79 Å². The quantitative estimate of drug-likeness (QED) is 0.748. The number of halogens is 1. The molecule has 0 atom stereocenters. The number of carbonyl (C=O) groups is 1. The van der Waals surface area contributed by atoms with E-state index in [4.69, 9.17) is 0 Å². The number of hydrogen-bond donors (Lipinski definition) is 1. The lowest BCUT2D eigenvalue weighted by atomic mass is 10.1. The molecule has 0 aromatic heterocycles. The highest BCUT2D eigenvalue weighted by Crippen LogP contribution is 2.22. The van der Waals surface area contributed by atoms with Crippen molar-refractivity contribution in [2.75, 3.05) is 5.32 Å². The van der Waals surface area contributed by atoms with E-state index in [1.54, 1.807) is 0 Å². The van der Waals surface area contributed by atoms with E-state index < -0.39 is 0 Å². The smallest absolute Gasteiger partial charge is 0.255 e. The maximum atomic E-state index is 12.3. The first-order chi connectivity index (χ1) is 9.38. The molecule has 104 valence electrons. The van der Waals surface area contributed by atoms with Gasteiger partial charge in [-0.15, -0.1) is 0 Å². The second-order valence-corrected chi connectivity index (χ2v) is 6.26. The van der Waals surface area contributed by atoms with Crippen molar-refractivity contribution >= 4 is 34.2 Å². The lowest BCUT2D eigenvalue weighted by Crippen LogP contribution is -2.12. The van der Waals surface area contributed by atoms with E-state index in [0.717, 1.165) is 11.3 Å². The summed E-state index contributed by atoms with van der Waals surface area (Å²) < 4.78 is 1.24. The van der Waals surface area contributed by atoms with Crippen LogP contribution >= 0.6 is 22.6 Å². The van der Waals surface area contributed by atoms with Crippen LogP contribution in [0.3, 0.4) is 0 Å². The van der Waals surface area contributed by atoms with Gasteiger partial charge in [-0.3, -0.25) is 4.79 Å². The summed E-state index contributed by atoms with van der Waals surface area (Å²) >= 11 is 2.33. The van der Waals surface area contributed by atoms with Gasteiger partial charge in [0.15, 0.2) is 0 Å². The van der Waals surface area contributed by atoms with Crippen LogP contribution in [0.25, 0.3) is 0 Å². The highest BCUT2D eigenvalue weighted by molar-refractivity contribution is 14.1. The summed E-state index contributed by atoms with van der Waals surface area (Å²) in [6.07, 6.45) is 0. The van der Waals surface area contributed by atoms with Gasteiger partial charge in [0.1, 0.15) is 0 Å². The Hall–Kier alpha value is -1.36. The van der Waals surface area contributed by atoms with E-state index in [0.29, 0.717) is 5.56 Å². The molecule has 0 aliphatic heterocycles. The molecule has 2 nitrogen and oxygen atoms in total. The maximum Gasteiger partial charge on any atom is 0.255 e. The number of nitrogens with one attached hydrogen (secondary N) is 1. The van der Waals surface area contributed by atoms with Crippen molar-refractivity contribution in [2.45, 2.75) is 27.7 Å². The van der Waals surface area contributed by atoms with Crippen LogP contribution in [0.4, 0.5) is 5.69 Å². The Labute approximate surface area is 133 Å². The van der Waals surface area contributed by atoms with Gasteiger partial charge in [-0.1, -0.05) is 6.07 Å². The molecule has 0 saturated carbocycles. The Morgan fingerprint density at radius 2 is 1.50 bits per heavy atom. The summed E-state index contributed by atoms with van der Waals surface area (Å²) in [5.41, 5.74) is 6.24. The average Bonchev–Trinajstić information content (AvgIpc) is 2.39. The van der Waals surface area contributed by atoms with Crippen LogP contribution in [0.5, 0.6) is 0 Å². The summed E-state index contributed by atoms with van der Waals surface area (Å²) in [6.45, 7) is 8.18. The van der Waals surface area contributed by atoms with Gasteiger partial charge in [0.2, 0.25) is 0 Å². The first kappa shape index (κ1) is 15.0. The number of anilines is 1. The third kappa shape index (κ3) is 3.20. The van der Waals surface area contributed by atoms with Crippen molar-refractivity contribution in [1.29, 1.82) is 0 Å². The minimum atomic E-state index is -0.0619. The summed E-state index contributed by atoms with van der Waals surface area (Å²) in [7, 11) is 0. The number of aryl methyl sites for hydroxylation is 4. The van der Waals surface area contributed by atoms with Gasteiger partial charge in [0.25, 0.3) is 5.91 Å². The predicted molar refractivity (Wildman–Crippen MR) is 92.5 cm³/mol. The monoisotopic (exact) mass is 379 g/mol. The molecule has 0 unspecified atom stereocenters. The van der Waals surface area contributed by atoms with Crippen LogP contribution in [-0.2, 0) is 0 Å². The minimum absolute atomic E-state index is 0.0619.